The molecular formula is C9H11F2NO. The van der Waals surface area contributed by atoms with Crippen LogP contribution in [0.3, 0.4) is 0 Å². The zero-order chi connectivity index (χ0) is 9.84. The number of aliphatic hydroxyl groups is 1. The minimum absolute atomic E-state index is 0.144. The molecule has 0 spiro atoms. The van der Waals surface area contributed by atoms with Crippen molar-refractivity contribution in [1.29, 1.82) is 0 Å². The summed E-state index contributed by atoms with van der Waals surface area (Å²) in [5.41, 5.74) is 0.144. The summed E-state index contributed by atoms with van der Waals surface area (Å²) in [6.07, 6.45) is 0. The lowest BCUT2D eigenvalue weighted by Crippen LogP contribution is -2.21. The van der Waals surface area contributed by atoms with E-state index >= 15 is 0 Å². The van der Waals surface area contributed by atoms with Gasteiger partial charge >= 0.3 is 0 Å². The van der Waals surface area contributed by atoms with Crippen molar-refractivity contribution < 1.29 is 13.9 Å². The number of aliphatic hydroxyl groups excluding tert-OH is 1. The Morgan fingerprint density at radius 1 is 1.46 bits per heavy atom. The number of nitrogens with one attached hydrogen (secondary N) is 1. The van der Waals surface area contributed by atoms with Gasteiger partial charge < -0.3 is 10.4 Å². The smallest absolute Gasteiger partial charge is 0.128 e. The summed E-state index contributed by atoms with van der Waals surface area (Å²) in [5.74, 6) is -1.03. The number of likely N-dealkylation sites (N-methyl/N-ethyl adjacent to an activating group) is 1. The molecule has 13 heavy (non-hydrogen) atoms. The molecule has 0 aliphatic carbocycles. The fraction of sp³-hybridized carbons (Fsp3) is 0.333. The third-order valence-electron chi connectivity index (χ3n) is 1.86. The summed E-state index contributed by atoms with van der Waals surface area (Å²) in [4.78, 5) is 0. The van der Waals surface area contributed by atoms with E-state index in [0.29, 0.717) is 0 Å². The molecule has 2 N–H and O–H groups in total. The van der Waals surface area contributed by atoms with Gasteiger partial charge in [-0.05, 0) is 25.2 Å². The van der Waals surface area contributed by atoms with E-state index in [-0.39, 0.29) is 12.2 Å². The zero-order valence-electron chi connectivity index (χ0n) is 7.22. The lowest BCUT2D eigenvalue weighted by Gasteiger charge is -2.13. The van der Waals surface area contributed by atoms with Gasteiger partial charge in [0.2, 0.25) is 0 Å². The van der Waals surface area contributed by atoms with Crippen LogP contribution in [0.1, 0.15) is 11.6 Å². The van der Waals surface area contributed by atoms with Crippen molar-refractivity contribution in [2.45, 2.75) is 6.04 Å². The molecule has 2 nitrogen and oxygen atoms in total. The lowest BCUT2D eigenvalue weighted by atomic mass is 10.1. The number of rotatable bonds is 3. The van der Waals surface area contributed by atoms with Crippen molar-refractivity contribution in [3.63, 3.8) is 0 Å². The van der Waals surface area contributed by atoms with Crippen LogP contribution in [0.2, 0.25) is 0 Å². The van der Waals surface area contributed by atoms with Gasteiger partial charge in [-0.15, -0.1) is 0 Å². The van der Waals surface area contributed by atoms with Gasteiger partial charge in [-0.1, -0.05) is 0 Å². The normalized spacial score (nSPS) is 12.9. The van der Waals surface area contributed by atoms with E-state index in [1.54, 1.807) is 7.05 Å². The highest BCUT2D eigenvalue weighted by Gasteiger charge is 2.13. The lowest BCUT2D eigenvalue weighted by molar-refractivity contribution is 0.247. The molecule has 0 saturated carbocycles. The maximum Gasteiger partial charge on any atom is 0.128 e. The van der Waals surface area contributed by atoms with Crippen LogP contribution in [0.5, 0.6) is 0 Å². The van der Waals surface area contributed by atoms with Crippen molar-refractivity contribution in [2.24, 2.45) is 0 Å². The highest BCUT2D eigenvalue weighted by atomic mass is 19.1. The first-order valence-corrected chi connectivity index (χ1v) is 3.92. The van der Waals surface area contributed by atoms with E-state index in [1.165, 1.54) is 0 Å². The van der Waals surface area contributed by atoms with Gasteiger partial charge in [0.25, 0.3) is 0 Å². The van der Waals surface area contributed by atoms with Crippen LogP contribution < -0.4 is 5.32 Å². The second-order valence-corrected chi connectivity index (χ2v) is 2.69. The van der Waals surface area contributed by atoms with Gasteiger partial charge in [0.1, 0.15) is 11.6 Å². The Morgan fingerprint density at radius 2 is 2.15 bits per heavy atom. The molecule has 0 fully saturated rings. The summed E-state index contributed by atoms with van der Waals surface area (Å²) in [7, 11) is 1.57. The Bertz CT molecular complexity index is 287. The summed E-state index contributed by atoms with van der Waals surface area (Å²) in [6, 6.07) is 2.61. The Morgan fingerprint density at radius 3 is 2.69 bits per heavy atom. The number of hydrogen-bond acceptors (Lipinski definition) is 2. The van der Waals surface area contributed by atoms with Gasteiger partial charge in [-0.2, -0.15) is 0 Å². The van der Waals surface area contributed by atoms with Crippen LogP contribution in [-0.4, -0.2) is 18.8 Å². The SMILES string of the molecule is CN[C@H](CO)c1cc(F)ccc1F. The Labute approximate surface area is 75.2 Å². The summed E-state index contributed by atoms with van der Waals surface area (Å²) in [6.45, 7) is -0.267. The van der Waals surface area contributed by atoms with Crippen molar-refractivity contribution in [3.8, 4) is 0 Å². The van der Waals surface area contributed by atoms with Crippen LogP contribution in [0.25, 0.3) is 0 Å². The minimum Gasteiger partial charge on any atom is -0.394 e. The molecule has 0 heterocycles. The van der Waals surface area contributed by atoms with Gasteiger partial charge in [-0.25, -0.2) is 8.78 Å². The third kappa shape index (κ3) is 2.23. The highest BCUT2D eigenvalue weighted by molar-refractivity contribution is 5.22. The predicted octanol–water partition coefficient (Wildman–Crippen LogP) is 1.22. The molecule has 0 saturated heterocycles. The van der Waals surface area contributed by atoms with Crippen molar-refractivity contribution >= 4 is 0 Å². The predicted molar refractivity (Wildman–Crippen MR) is 45.2 cm³/mol. The molecule has 0 amide bonds. The summed E-state index contributed by atoms with van der Waals surface area (Å²) in [5, 5.41) is 11.5. The molecule has 72 valence electrons. The van der Waals surface area contributed by atoms with Crippen LogP contribution >= 0.6 is 0 Å². The van der Waals surface area contributed by atoms with Gasteiger partial charge in [-0.3, -0.25) is 0 Å². The molecule has 0 radical (unpaired) electrons. The molecule has 0 aliphatic rings. The first-order valence-electron chi connectivity index (χ1n) is 3.92. The van der Waals surface area contributed by atoms with E-state index in [0.717, 1.165) is 18.2 Å². The minimum atomic E-state index is -0.560. The molecule has 1 rings (SSSR count). The van der Waals surface area contributed by atoms with Crippen molar-refractivity contribution in [1.82, 2.24) is 5.32 Å². The van der Waals surface area contributed by atoms with E-state index in [2.05, 4.69) is 5.32 Å². The fourth-order valence-electron chi connectivity index (χ4n) is 1.13. The molecule has 0 aliphatic heterocycles. The van der Waals surface area contributed by atoms with E-state index in [4.69, 9.17) is 5.11 Å². The van der Waals surface area contributed by atoms with Crippen LogP contribution in [-0.2, 0) is 0 Å². The molecule has 1 aromatic rings. The first-order chi connectivity index (χ1) is 6.19. The first kappa shape index (κ1) is 10.1. The van der Waals surface area contributed by atoms with Crippen molar-refractivity contribution in [2.75, 3.05) is 13.7 Å². The molecular weight excluding hydrogens is 176 g/mol. The molecule has 0 aromatic heterocycles. The maximum absolute atomic E-state index is 13.1. The molecule has 1 atom stereocenters. The van der Waals surface area contributed by atoms with Crippen molar-refractivity contribution in [3.05, 3.63) is 35.4 Å². The summed E-state index contributed by atoms with van der Waals surface area (Å²) < 4.78 is 25.8. The van der Waals surface area contributed by atoms with Crippen LogP contribution in [0.15, 0.2) is 18.2 Å². The standard InChI is InChI=1S/C9H11F2NO/c1-12-9(5-13)7-4-6(10)2-3-8(7)11/h2-4,9,12-13H,5H2,1H3/t9-/m1/s1. The molecule has 4 heteroatoms. The van der Waals surface area contributed by atoms with E-state index in [1.807, 2.05) is 0 Å². The third-order valence-corrected chi connectivity index (χ3v) is 1.86. The van der Waals surface area contributed by atoms with Gasteiger partial charge in [0.05, 0.1) is 12.6 Å². The molecule has 1 aromatic carbocycles. The monoisotopic (exact) mass is 187 g/mol. The van der Waals surface area contributed by atoms with Crippen LogP contribution in [0.4, 0.5) is 8.78 Å². The second-order valence-electron chi connectivity index (χ2n) is 2.69. The maximum atomic E-state index is 13.1. The Balaban J connectivity index is 3.03. The van der Waals surface area contributed by atoms with E-state index < -0.39 is 17.7 Å². The number of hydrogen-bond donors (Lipinski definition) is 2. The molecule has 0 bridgehead atoms. The number of benzene rings is 1. The second kappa shape index (κ2) is 4.30. The average Bonchev–Trinajstić information content (AvgIpc) is 2.13. The Kier molecular flexibility index (Phi) is 3.33. The van der Waals surface area contributed by atoms with Gasteiger partial charge in [0.15, 0.2) is 0 Å². The summed E-state index contributed by atoms with van der Waals surface area (Å²) >= 11 is 0. The zero-order valence-corrected chi connectivity index (χ0v) is 7.22. The highest BCUT2D eigenvalue weighted by Crippen LogP contribution is 2.17. The van der Waals surface area contributed by atoms with Crippen LogP contribution in [0, 0.1) is 11.6 Å². The van der Waals surface area contributed by atoms with Gasteiger partial charge in [0, 0.05) is 5.56 Å². The molecule has 0 unspecified atom stereocenters. The Hall–Kier alpha value is -1.00. The fourth-order valence-corrected chi connectivity index (χ4v) is 1.13. The largest absolute Gasteiger partial charge is 0.394 e. The topological polar surface area (TPSA) is 32.3 Å². The van der Waals surface area contributed by atoms with E-state index in [9.17, 15) is 8.78 Å². The average molecular weight is 187 g/mol. The quantitative estimate of drug-likeness (QED) is 0.745. The number of halogens is 2.